The number of benzene rings is 1. The lowest BCUT2D eigenvalue weighted by atomic mass is 10.2. The highest BCUT2D eigenvalue weighted by molar-refractivity contribution is 7.59. The van der Waals surface area contributed by atoms with Gasteiger partial charge in [0.1, 0.15) is 6.07 Å². The molecule has 1 atom stereocenters. The van der Waals surface area contributed by atoms with Crippen molar-refractivity contribution in [2.24, 2.45) is 5.50 Å². The van der Waals surface area contributed by atoms with E-state index < -0.39 is 31.2 Å². The average molecular weight is 350 g/mol. The van der Waals surface area contributed by atoms with Crippen LogP contribution in [0.5, 0.6) is 11.5 Å². The van der Waals surface area contributed by atoms with E-state index in [9.17, 15) is 22.1 Å². The van der Waals surface area contributed by atoms with Gasteiger partial charge in [-0.05, 0) is 0 Å². The summed E-state index contributed by atoms with van der Waals surface area (Å²) in [6.45, 7) is 1.12. The molecular weight excluding hydrogens is 343 g/mol. The van der Waals surface area contributed by atoms with Crippen LogP contribution < -0.4 is 15.0 Å². The zero-order valence-electron chi connectivity index (χ0n) is 11.3. The molecule has 7 nitrogen and oxygen atoms in total. The number of imidazole rings is 1. The molecule has 0 aliphatic carbocycles. The van der Waals surface area contributed by atoms with E-state index in [0.717, 1.165) is 23.1 Å². The van der Waals surface area contributed by atoms with Crippen LogP contribution in [0.25, 0.3) is 11.0 Å². The van der Waals surface area contributed by atoms with Crippen molar-refractivity contribution in [3.05, 3.63) is 18.0 Å². The number of nitrogens with two attached hydrogens (primary N) is 1. The second kappa shape index (κ2) is 4.37. The molecule has 1 aliphatic rings. The number of nitrogens with zero attached hydrogens (tertiary/aromatic N) is 3. The van der Waals surface area contributed by atoms with Gasteiger partial charge in [-0.25, -0.2) is 4.98 Å². The summed E-state index contributed by atoms with van der Waals surface area (Å²) in [5.41, 5.74) is 5.33. The van der Waals surface area contributed by atoms with Crippen molar-refractivity contribution in [3.8, 4) is 17.6 Å². The number of hydrogen-bond donors (Lipinski definition) is 1. The maximum Gasteiger partial charge on any atom is 0.507 e. The van der Waals surface area contributed by atoms with Gasteiger partial charge in [-0.15, -0.1) is 0 Å². The fraction of sp³-hybridized carbons (Fsp3) is 0.273. The number of alkyl halides is 4. The van der Waals surface area contributed by atoms with Gasteiger partial charge < -0.3 is 9.47 Å². The Balaban J connectivity index is 2.30. The van der Waals surface area contributed by atoms with Gasteiger partial charge >= 0.3 is 12.2 Å². The zero-order chi connectivity index (χ0) is 17.2. The maximum absolute atomic E-state index is 13.2. The molecule has 0 fully saturated rings. The summed E-state index contributed by atoms with van der Waals surface area (Å²) in [6.07, 6.45) is -9.77. The van der Waals surface area contributed by atoms with Crippen LogP contribution in [0.2, 0.25) is 0 Å². The Kier molecular flexibility index (Phi) is 2.96. The van der Waals surface area contributed by atoms with Crippen LogP contribution in [0, 0.1) is 11.3 Å². The average Bonchev–Trinajstić information content (AvgIpc) is 2.74. The molecule has 1 unspecified atom stereocenters. The molecule has 0 amide bonds. The molecule has 0 saturated carbocycles. The number of aromatic nitrogens is 2. The molecule has 2 heterocycles. The Morgan fingerprint density at radius 3 is 2.26 bits per heavy atom. The highest BCUT2D eigenvalue weighted by atomic mass is 31.2. The first-order valence-corrected chi connectivity index (χ1v) is 8.11. The Hall–Kier alpha value is -2.31. The van der Waals surface area contributed by atoms with Crippen molar-refractivity contribution < 1.29 is 31.6 Å². The van der Waals surface area contributed by atoms with E-state index in [1.54, 1.807) is 6.07 Å². The van der Waals surface area contributed by atoms with E-state index in [2.05, 4.69) is 14.5 Å². The normalized spacial score (nSPS) is 20.7. The molecule has 23 heavy (non-hydrogen) atoms. The first-order chi connectivity index (χ1) is 10.5. The lowest BCUT2D eigenvalue weighted by molar-refractivity contribution is -0.391. The summed E-state index contributed by atoms with van der Waals surface area (Å²) in [7, 11) is -3.56. The summed E-state index contributed by atoms with van der Waals surface area (Å²) < 4.78 is 73.6. The van der Waals surface area contributed by atoms with Crippen LogP contribution >= 0.6 is 7.44 Å². The lowest BCUT2D eigenvalue weighted by Gasteiger charge is -2.31. The molecule has 2 aromatic rings. The van der Waals surface area contributed by atoms with Gasteiger partial charge in [-0.2, -0.15) is 22.8 Å². The Morgan fingerprint density at radius 1 is 1.26 bits per heavy atom. The molecule has 0 bridgehead atoms. The summed E-state index contributed by atoms with van der Waals surface area (Å²) in [5.74, 6) is -1.77. The first-order valence-electron chi connectivity index (χ1n) is 5.93. The largest absolute Gasteiger partial charge is 0.507 e. The lowest BCUT2D eigenvalue weighted by Crippen LogP contribution is -2.52. The van der Waals surface area contributed by atoms with Gasteiger partial charge in [0.15, 0.2) is 11.5 Å². The van der Waals surface area contributed by atoms with Crippen molar-refractivity contribution in [2.75, 3.05) is 6.66 Å². The highest BCUT2D eigenvalue weighted by Gasteiger charge is 2.66. The van der Waals surface area contributed by atoms with Crippen LogP contribution in [0.1, 0.15) is 5.82 Å². The number of halogens is 4. The third-order valence-corrected chi connectivity index (χ3v) is 4.21. The molecule has 3 rings (SSSR count). The third kappa shape index (κ3) is 2.22. The van der Waals surface area contributed by atoms with E-state index in [1.165, 1.54) is 0 Å². The van der Waals surface area contributed by atoms with Crippen molar-refractivity contribution >= 4 is 18.5 Å². The molecule has 1 aliphatic heterocycles. The molecule has 12 heteroatoms. The van der Waals surface area contributed by atoms with Crippen LogP contribution in [-0.2, 0) is 4.57 Å². The smallest absolute Gasteiger partial charge is 0.421 e. The number of nitriles is 1. The van der Waals surface area contributed by atoms with Crippen molar-refractivity contribution in [1.29, 1.82) is 5.26 Å². The second-order valence-electron chi connectivity index (χ2n) is 4.83. The summed E-state index contributed by atoms with van der Waals surface area (Å²) in [5, 5.41) is 9.00. The minimum absolute atomic E-state index is 0.0850. The van der Waals surface area contributed by atoms with E-state index in [-0.39, 0.29) is 16.9 Å². The summed E-state index contributed by atoms with van der Waals surface area (Å²) in [6, 6.07) is 3.38. The predicted molar refractivity (Wildman–Crippen MR) is 68.7 cm³/mol. The number of ether oxygens (including phenoxy) is 2. The van der Waals surface area contributed by atoms with Gasteiger partial charge in [-0.1, -0.05) is 0 Å². The van der Waals surface area contributed by atoms with Crippen LogP contribution in [0.4, 0.5) is 17.6 Å². The molecule has 0 radical (unpaired) electrons. The number of fused-ring (bicyclic) bond motifs is 2. The van der Waals surface area contributed by atoms with Crippen molar-refractivity contribution in [1.82, 2.24) is 9.32 Å². The van der Waals surface area contributed by atoms with Gasteiger partial charge in [0.2, 0.25) is 13.3 Å². The van der Waals surface area contributed by atoms with Crippen LogP contribution in [-0.4, -0.2) is 28.2 Å². The van der Waals surface area contributed by atoms with Crippen molar-refractivity contribution in [3.63, 3.8) is 0 Å². The Bertz CT molecular complexity index is 914. The fourth-order valence-electron chi connectivity index (χ4n) is 2.10. The minimum Gasteiger partial charge on any atom is -0.421 e. The molecule has 0 spiro atoms. The third-order valence-electron chi connectivity index (χ3n) is 3.01. The fourth-order valence-corrected chi connectivity index (χ4v) is 3.16. The molecule has 1 aromatic carbocycles. The van der Waals surface area contributed by atoms with Gasteiger partial charge in [0, 0.05) is 18.8 Å². The quantitative estimate of drug-likeness (QED) is 0.626. The topological polar surface area (TPSA) is 103 Å². The van der Waals surface area contributed by atoms with Crippen LogP contribution in [0.3, 0.4) is 0 Å². The molecular formula is C11H7F4N4O3P. The van der Waals surface area contributed by atoms with E-state index >= 15 is 0 Å². The molecule has 122 valence electrons. The van der Waals surface area contributed by atoms with Gasteiger partial charge in [0.25, 0.3) is 0 Å². The maximum atomic E-state index is 13.2. The summed E-state index contributed by atoms with van der Waals surface area (Å²) in [4.78, 5) is 3.77. The van der Waals surface area contributed by atoms with Crippen molar-refractivity contribution in [2.45, 2.75) is 12.2 Å². The number of hydrogen-bond acceptors (Lipinski definition) is 5. The number of rotatable bonds is 1. The van der Waals surface area contributed by atoms with E-state index in [4.69, 9.17) is 10.8 Å². The van der Waals surface area contributed by atoms with E-state index in [1.807, 2.05) is 0 Å². The van der Waals surface area contributed by atoms with Gasteiger partial charge in [0.05, 0.1) is 11.0 Å². The molecule has 0 saturated heterocycles. The van der Waals surface area contributed by atoms with E-state index in [0.29, 0.717) is 0 Å². The zero-order valence-corrected chi connectivity index (χ0v) is 12.2. The highest BCUT2D eigenvalue weighted by Crippen LogP contribution is 2.49. The Labute approximate surface area is 125 Å². The first kappa shape index (κ1) is 15.6. The molecule has 2 N–H and O–H groups in total. The Morgan fingerprint density at radius 2 is 1.78 bits per heavy atom. The van der Waals surface area contributed by atoms with Crippen LogP contribution in [0.15, 0.2) is 12.1 Å². The second-order valence-corrected chi connectivity index (χ2v) is 7.11. The summed E-state index contributed by atoms with van der Waals surface area (Å²) >= 11 is 0. The van der Waals surface area contributed by atoms with Gasteiger partial charge in [-0.3, -0.25) is 14.4 Å². The monoisotopic (exact) mass is 350 g/mol. The molecule has 1 aromatic heterocycles. The SMILES string of the molecule is CP(N)(=O)n1c(C#N)nc2cc3c(cc21)OC(F)(F)C(F)(F)O3. The predicted octanol–water partition coefficient (Wildman–Crippen LogP) is 2.49. The minimum atomic E-state index is -4.89. The standard InChI is InChI=1S/C11H7F4N4O3P/c1-23(17,20)19-6-3-8-7(2-5(6)18-9(19)4-16)21-10(12,13)11(14,15)22-8/h2-3H,1H3,(H2,17,20).